The topological polar surface area (TPSA) is 81.0 Å². The Labute approximate surface area is 170 Å². The molecule has 8 nitrogen and oxygen atoms in total. The monoisotopic (exact) mass is 409 g/mol. The molecule has 30 heavy (non-hydrogen) atoms. The molecule has 1 aliphatic rings. The highest BCUT2D eigenvalue weighted by Gasteiger charge is 2.21. The lowest BCUT2D eigenvalue weighted by molar-refractivity contribution is 0.122. The highest BCUT2D eigenvalue weighted by atomic mass is 19.1. The average Bonchev–Trinajstić information content (AvgIpc) is 3.18. The van der Waals surface area contributed by atoms with Crippen molar-refractivity contribution in [2.24, 2.45) is 0 Å². The van der Waals surface area contributed by atoms with Crippen LogP contribution < -0.4 is 10.2 Å². The van der Waals surface area contributed by atoms with Crippen molar-refractivity contribution in [2.75, 3.05) is 36.5 Å². The van der Waals surface area contributed by atoms with Gasteiger partial charge in [-0.05, 0) is 12.1 Å². The number of ether oxygens (including phenoxy) is 1. The van der Waals surface area contributed by atoms with Crippen molar-refractivity contribution >= 4 is 28.5 Å². The smallest absolute Gasteiger partial charge is 0.230 e. The summed E-state index contributed by atoms with van der Waals surface area (Å²) in [5.74, 6) is -0.397. The van der Waals surface area contributed by atoms with Crippen LogP contribution in [0.4, 0.5) is 26.2 Å². The first-order valence-electron chi connectivity index (χ1n) is 9.38. The summed E-state index contributed by atoms with van der Waals surface area (Å²) in [5, 5.41) is 3.72. The van der Waals surface area contributed by atoms with E-state index in [0.717, 1.165) is 5.39 Å². The molecule has 0 atom stereocenters. The number of rotatable bonds is 4. The first-order chi connectivity index (χ1) is 14.7. The Morgan fingerprint density at radius 1 is 1.03 bits per heavy atom. The van der Waals surface area contributed by atoms with Crippen molar-refractivity contribution in [1.29, 1.82) is 0 Å². The van der Waals surface area contributed by atoms with Crippen LogP contribution in [0.25, 0.3) is 16.7 Å². The molecule has 0 amide bonds. The molecule has 0 saturated carbocycles. The molecule has 1 fully saturated rings. The predicted molar refractivity (Wildman–Crippen MR) is 107 cm³/mol. The Morgan fingerprint density at radius 3 is 2.57 bits per heavy atom. The third-order valence-corrected chi connectivity index (χ3v) is 4.86. The highest BCUT2D eigenvalue weighted by molar-refractivity contribution is 5.79. The summed E-state index contributed by atoms with van der Waals surface area (Å²) in [4.78, 5) is 18.3. The van der Waals surface area contributed by atoms with E-state index in [1.165, 1.54) is 18.5 Å². The number of fused-ring (bicyclic) bond motifs is 1. The summed E-state index contributed by atoms with van der Waals surface area (Å²) in [6.45, 7) is 1.79. The van der Waals surface area contributed by atoms with Crippen LogP contribution >= 0.6 is 0 Å². The van der Waals surface area contributed by atoms with Gasteiger partial charge >= 0.3 is 0 Å². The zero-order valence-corrected chi connectivity index (χ0v) is 15.8. The number of nitrogens with one attached hydrogen (secondary N) is 1. The molecule has 0 aliphatic carbocycles. The number of halogens is 2. The SMILES string of the molecule is Fc1cc(-n2ccc3cnc(Nc4ccncn4)nc32)cc(F)c1N1CCOCC1. The second-order valence-electron chi connectivity index (χ2n) is 6.74. The molecule has 0 bridgehead atoms. The Bertz CT molecular complexity index is 1170. The van der Waals surface area contributed by atoms with Gasteiger partial charge in [0.05, 0.1) is 18.9 Å². The standard InChI is InChI=1S/C20H17F2N7O/c21-15-9-14(10-16(22)18(15)28-5-7-30-8-6-28)29-4-2-13-11-24-20(27-19(13)29)26-17-1-3-23-12-25-17/h1-4,9-12H,5-8H2,(H,23,24,25,26,27). The van der Waals surface area contributed by atoms with Gasteiger partial charge in [0, 0.05) is 49.2 Å². The van der Waals surface area contributed by atoms with Crippen LogP contribution in [0.3, 0.4) is 0 Å². The Morgan fingerprint density at radius 2 is 1.83 bits per heavy atom. The van der Waals surface area contributed by atoms with E-state index < -0.39 is 11.6 Å². The summed E-state index contributed by atoms with van der Waals surface area (Å²) in [5.41, 5.74) is 0.822. The lowest BCUT2D eigenvalue weighted by Gasteiger charge is -2.29. The zero-order chi connectivity index (χ0) is 20.5. The van der Waals surface area contributed by atoms with E-state index >= 15 is 0 Å². The molecular formula is C20H17F2N7O. The number of nitrogens with zero attached hydrogens (tertiary/aromatic N) is 6. The van der Waals surface area contributed by atoms with E-state index in [1.807, 2.05) is 0 Å². The molecule has 0 radical (unpaired) electrons. The third kappa shape index (κ3) is 3.41. The number of hydrogen-bond acceptors (Lipinski definition) is 7. The molecule has 4 heterocycles. The maximum atomic E-state index is 14.9. The van der Waals surface area contributed by atoms with Crippen LogP contribution in [0, 0.1) is 11.6 Å². The lowest BCUT2D eigenvalue weighted by Crippen LogP contribution is -2.37. The second-order valence-corrected chi connectivity index (χ2v) is 6.74. The summed E-state index contributed by atoms with van der Waals surface area (Å²) < 4.78 is 36.6. The molecular weight excluding hydrogens is 392 g/mol. The molecule has 10 heteroatoms. The first-order valence-corrected chi connectivity index (χ1v) is 9.38. The Hall–Kier alpha value is -3.66. The van der Waals surface area contributed by atoms with Gasteiger partial charge in [0.2, 0.25) is 5.95 Å². The second kappa shape index (κ2) is 7.64. The zero-order valence-electron chi connectivity index (χ0n) is 15.8. The van der Waals surface area contributed by atoms with Crippen molar-refractivity contribution in [2.45, 2.75) is 0 Å². The molecule has 4 aromatic rings. The Balaban J connectivity index is 1.52. The minimum Gasteiger partial charge on any atom is -0.378 e. The van der Waals surface area contributed by atoms with Crippen molar-refractivity contribution in [1.82, 2.24) is 24.5 Å². The molecule has 5 rings (SSSR count). The van der Waals surface area contributed by atoms with E-state index in [4.69, 9.17) is 4.74 Å². The largest absolute Gasteiger partial charge is 0.378 e. The van der Waals surface area contributed by atoms with E-state index in [2.05, 4.69) is 25.3 Å². The van der Waals surface area contributed by atoms with Crippen molar-refractivity contribution < 1.29 is 13.5 Å². The number of hydrogen-bond donors (Lipinski definition) is 1. The van der Waals surface area contributed by atoms with Gasteiger partial charge in [-0.3, -0.25) is 0 Å². The molecule has 3 aromatic heterocycles. The number of morpholine rings is 1. The summed E-state index contributed by atoms with van der Waals surface area (Å²) in [7, 11) is 0. The van der Waals surface area contributed by atoms with E-state index in [9.17, 15) is 8.78 Å². The maximum Gasteiger partial charge on any atom is 0.230 e. The molecule has 152 valence electrons. The van der Waals surface area contributed by atoms with Crippen LogP contribution in [0.2, 0.25) is 0 Å². The number of anilines is 3. The van der Waals surface area contributed by atoms with Gasteiger partial charge in [-0.2, -0.15) is 4.98 Å². The normalized spacial score (nSPS) is 14.3. The minimum absolute atomic E-state index is 0.0285. The van der Waals surface area contributed by atoms with Gasteiger partial charge in [0.25, 0.3) is 0 Å². The first kappa shape index (κ1) is 18.4. The summed E-state index contributed by atoms with van der Waals surface area (Å²) in [6, 6.07) is 6.09. The minimum atomic E-state index is -0.623. The van der Waals surface area contributed by atoms with Crippen molar-refractivity contribution in [3.8, 4) is 5.69 Å². The molecule has 1 aromatic carbocycles. The summed E-state index contributed by atoms with van der Waals surface area (Å²) >= 11 is 0. The van der Waals surface area contributed by atoms with Gasteiger partial charge in [-0.1, -0.05) is 0 Å². The molecule has 1 N–H and O–H groups in total. The van der Waals surface area contributed by atoms with Crippen molar-refractivity contribution in [3.05, 3.63) is 60.8 Å². The van der Waals surface area contributed by atoms with Crippen molar-refractivity contribution in [3.63, 3.8) is 0 Å². The fourth-order valence-corrected chi connectivity index (χ4v) is 3.45. The third-order valence-electron chi connectivity index (χ3n) is 4.86. The fraction of sp³-hybridized carbons (Fsp3) is 0.200. The van der Waals surface area contributed by atoms with Gasteiger partial charge in [-0.25, -0.2) is 23.7 Å². The van der Waals surface area contributed by atoms with Gasteiger partial charge in [0.15, 0.2) is 11.6 Å². The predicted octanol–water partition coefficient (Wildman–Crippen LogP) is 3.07. The molecule has 1 saturated heterocycles. The van der Waals surface area contributed by atoms with E-state index in [-0.39, 0.29) is 5.69 Å². The van der Waals surface area contributed by atoms with Crippen LogP contribution in [-0.4, -0.2) is 50.8 Å². The van der Waals surface area contributed by atoms with Gasteiger partial charge in [0.1, 0.15) is 23.5 Å². The molecule has 0 spiro atoms. The fourth-order valence-electron chi connectivity index (χ4n) is 3.45. The van der Waals surface area contributed by atoms with Crippen LogP contribution in [0.1, 0.15) is 0 Å². The Kier molecular flexibility index (Phi) is 4.68. The van der Waals surface area contributed by atoms with Crippen LogP contribution in [0.15, 0.2) is 49.2 Å². The quantitative estimate of drug-likeness (QED) is 0.555. The van der Waals surface area contributed by atoms with Crippen LogP contribution in [-0.2, 0) is 4.74 Å². The number of benzene rings is 1. The summed E-state index contributed by atoms with van der Waals surface area (Å²) in [6.07, 6.45) is 6.34. The van der Waals surface area contributed by atoms with E-state index in [0.29, 0.717) is 49.4 Å². The molecule has 0 unspecified atom stereocenters. The lowest BCUT2D eigenvalue weighted by atomic mass is 10.2. The van der Waals surface area contributed by atoms with Gasteiger partial charge in [-0.15, -0.1) is 0 Å². The van der Waals surface area contributed by atoms with Crippen LogP contribution in [0.5, 0.6) is 0 Å². The van der Waals surface area contributed by atoms with E-state index in [1.54, 1.807) is 40.2 Å². The van der Waals surface area contributed by atoms with Gasteiger partial charge < -0.3 is 19.5 Å². The average molecular weight is 409 g/mol. The molecule has 1 aliphatic heterocycles. The maximum absolute atomic E-state index is 14.9. The number of aromatic nitrogens is 5. The highest BCUT2D eigenvalue weighted by Crippen LogP contribution is 2.29.